The first-order chi connectivity index (χ1) is 11.9. The van der Waals surface area contributed by atoms with Crippen molar-refractivity contribution in [3.63, 3.8) is 0 Å². The molecule has 0 spiro atoms. The monoisotopic (exact) mass is 410 g/mol. The molecule has 0 amide bonds. The SMILES string of the molecule is CCC[C-]=C1CCCCC1=[C-]CCC.[CH]1[CH][CH][CH][CH]1.[CH]1[CH][CH][CH][CH]1.[Zr+4]. The van der Waals surface area contributed by atoms with Gasteiger partial charge in [-0.15, -0.1) is 25.7 Å². The quantitative estimate of drug-likeness (QED) is 0.454. The van der Waals surface area contributed by atoms with E-state index >= 15 is 0 Å². The van der Waals surface area contributed by atoms with Gasteiger partial charge in [0.2, 0.25) is 0 Å². The van der Waals surface area contributed by atoms with E-state index in [0.29, 0.717) is 0 Å². The van der Waals surface area contributed by atoms with Crippen molar-refractivity contribution in [3.8, 4) is 0 Å². The zero-order chi connectivity index (χ0) is 17.3. The molecule has 0 heterocycles. The predicted octanol–water partition coefficient (Wildman–Crippen LogP) is 6.66. The molecule has 1 heteroatoms. The molecule has 0 aromatic rings. The van der Waals surface area contributed by atoms with E-state index in [9.17, 15) is 0 Å². The third kappa shape index (κ3) is 14.1. The standard InChI is InChI=1S/C14H22.2C5H5.Zr/c1-3-5-9-13-11-7-8-12-14(13)10-6-4-2;2*1-2-4-5-3-1;/h3-8,11-12H2,1-2H3;2*1-5H;/q-2;;;+4. The summed E-state index contributed by atoms with van der Waals surface area (Å²) < 4.78 is 0. The Bertz CT molecular complexity index is 283. The molecular formula is C24H32Zr+2. The minimum Gasteiger partial charge on any atom is -0.373 e. The Kier molecular flexibility index (Phi) is 19.4. The summed E-state index contributed by atoms with van der Waals surface area (Å²) in [5.74, 6) is 0. The molecule has 0 atom stereocenters. The van der Waals surface area contributed by atoms with Crippen LogP contribution in [0.1, 0.15) is 65.2 Å². The van der Waals surface area contributed by atoms with Crippen LogP contribution in [0.15, 0.2) is 11.1 Å². The van der Waals surface area contributed by atoms with E-state index in [2.05, 4.69) is 26.0 Å². The first-order valence-electron chi connectivity index (χ1n) is 9.41. The number of hydrogen-bond acceptors (Lipinski definition) is 0. The molecule has 0 N–H and O–H groups in total. The van der Waals surface area contributed by atoms with Gasteiger partial charge in [-0.05, 0) is 64.2 Å². The van der Waals surface area contributed by atoms with Crippen LogP contribution in [0.4, 0.5) is 0 Å². The van der Waals surface area contributed by atoms with Gasteiger partial charge < -0.3 is 23.3 Å². The van der Waals surface area contributed by atoms with Crippen LogP contribution in [0.2, 0.25) is 0 Å². The van der Waals surface area contributed by atoms with Gasteiger partial charge in [-0.25, -0.2) is 0 Å². The number of unbranched alkanes of at least 4 members (excludes halogenated alkanes) is 2. The molecule has 0 aliphatic heterocycles. The van der Waals surface area contributed by atoms with Crippen molar-refractivity contribution in [1.29, 1.82) is 0 Å². The third-order valence-corrected chi connectivity index (χ3v) is 3.76. The average molecular weight is 412 g/mol. The van der Waals surface area contributed by atoms with Gasteiger partial charge in [0.1, 0.15) is 0 Å². The molecule has 0 aromatic carbocycles. The summed E-state index contributed by atoms with van der Waals surface area (Å²) >= 11 is 0. The Morgan fingerprint density at radius 1 is 0.600 bits per heavy atom. The van der Waals surface area contributed by atoms with E-state index < -0.39 is 0 Å². The van der Waals surface area contributed by atoms with Crippen LogP contribution >= 0.6 is 0 Å². The average Bonchev–Trinajstić information content (AvgIpc) is 3.37. The van der Waals surface area contributed by atoms with Gasteiger partial charge in [0.05, 0.1) is 0 Å². The first kappa shape index (κ1) is 25.4. The molecule has 10 radical (unpaired) electrons. The molecular weight excluding hydrogens is 379 g/mol. The van der Waals surface area contributed by atoms with E-state index in [-0.39, 0.29) is 26.2 Å². The largest absolute Gasteiger partial charge is 4.00 e. The molecule has 25 heavy (non-hydrogen) atoms. The molecule has 3 fully saturated rings. The second-order valence-electron chi connectivity index (χ2n) is 5.94. The minimum absolute atomic E-state index is 0. The maximum Gasteiger partial charge on any atom is 4.00 e. The molecule has 3 aliphatic carbocycles. The summed E-state index contributed by atoms with van der Waals surface area (Å²) in [7, 11) is 0. The van der Waals surface area contributed by atoms with Crippen molar-refractivity contribution in [3.05, 3.63) is 87.5 Å². The fraction of sp³-hybridized carbons (Fsp3) is 0.417. The molecule has 0 unspecified atom stereocenters. The Hall–Kier alpha value is 0.363. The maximum atomic E-state index is 3.55. The van der Waals surface area contributed by atoms with Crippen molar-refractivity contribution in [2.45, 2.75) is 65.2 Å². The van der Waals surface area contributed by atoms with Crippen molar-refractivity contribution in [2.24, 2.45) is 0 Å². The maximum absolute atomic E-state index is 3.55. The number of allylic oxidation sites excluding steroid dienone is 4. The van der Waals surface area contributed by atoms with Crippen molar-refractivity contribution >= 4 is 0 Å². The molecule has 0 aromatic heterocycles. The molecule has 3 aliphatic rings. The van der Waals surface area contributed by atoms with Crippen LogP contribution in [0.25, 0.3) is 0 Å². The summed E-state index contributed by atoms with van der Waals surface area (Å²) in [5, 5.41) is 0. The van der Waals surface area contributed by atoms with Crippen LogP contribution in [-0.2, 0) is 26.2 Å². The normalized spacial score (nSPS) is 22.6. The molecule has 3 saturated carbocycles. The van der Waals surface area contributed by atoms with Crippen LogP contribution in [0, 0.1) is 76.4 Å². The summed E-state index contributed by atoms with van der Waals surface area (Å²) in [6.45, 7) is 4.44. The zero-order valence-electron chi connectivity index (χ0n) is 15.9. The second-order valence-corrected chi connectivity index (χ2v) is 5.94. The fourth-order valence-corrected chi connectivity index (χ4v) is 2.49. The number of hydrogen-bond donors (Lipinski definition) is 0. The van der Waals surface area contributed by atoms with Crippen LogP contribution in [0.3, 0.4) is 0 Å². The minimum atomic E-state index is 0. The Balaban J connectivity index is 0.000000425. The van der Waals surface area contributed by atoms with Crippen LogP contribution < -0.4 is 0 Å². The Morgan fingerprint density at radius 3 is 1.12 bits per heavy atom. The molecule has 0 nitrogen and oxygen atoms in total. The van der Waals surface area contributed by atoms with Crippen molar-refractivity contribution < 1.29 is 26.2 Å². The predicted molar refractivity (Wildman–Crippen MR) is 105 cm³/mol. The van der Waals surface area contributed by atoms with Gasteiger partial charge in [-0.1, -0.05) is 39.5 Å². The smallest absolute Gasteiger partial charge is 0.373 e. The Labute approximate surface area is 178 Å². The first-order valence-corrected chi connectivity index (χ1v) is 9.41. The molecule has 0 saturated heterocycles. The molecule has 0 bridgehead atoms. The molecule has 130 valence electrons. The van der Waals surface area contributed by atoms with Gasteiger partial charge in [0.15, 0.2) is 0 Å². The second kappa shape index (κ2) is 19.1. The third-order valence-electron chi connectivity index (χ3n) is 3.76. The Morgan fingerprint density at radius 2 is 0.880 bits per heavy atom. The van der Waals surface area contributed by atoms with Gasteiger partial charge in [-0.2, -0.15) is 0 Å². The van der Waals surface area contributed by atoms with E-state index in [1.54, 1.807) is 0 Å². The van der Waals surface area contributed by atoms with Crippen molar-refractivity contribution in [1.82, 2.24) is 0 Å². The summed E-state index contributed by atoms with van der Waals surface area (Å²) in [6, 6.07) is 0. The van der Waals surface area contributed by atoms with E-state index in [1.807, 2.05) is 64.2 Å². The fourth-order valence-electron chi connectivity index (χ4n) is 2.49. The van der Waals surface area contributed by atoms with Crippen LogP contribution in [-0.4, -0.2) is 0 Å². The number of rotatable bonds is 4. The topological polar surface area (TPSA) is 0 Å². The van der Waals surface area contributed by atoms with Gasteiger partial charge in [-0.3, -0.25) is 0 Å². The van der Waals surface area contributed by atoms with Gasteiger partial charge >= 0.3 is 26.2 Å². The van der Waals surface area contributed by atoms with E-state index in [4.69, 9.17) is 0 Å². The summed E-state index contributed by atoms with van der Waals surface area (Å²) in [4.78, 5) is 0. The van der Waals surface area contributed by atoms with E-state index in [0.717, 1.165) is 12.8 Å². The van der Waals surface area contributed by atoms with Gasteiger partial charge in [0.25, 0.3) is 0 Å². The van der Waals surface area contributed by atoms with Crippen LogP contribution in [0.5, 0.6) is 0 Å². The van der Waals surface area contributed by atoms with Crippen molar-refractivity contribution in [2.75, 3.05) is 0 Å². The summed E-state index contributed by atoms with van der Waals surface area (Å²) in [6.07, 6.45) is 36.9. The summed E-state index contributed by atoms with van der Waals surface area (Å²) in [5.41, 5.74) is 2.96. The van der Waals surface area contributed by atoms with E-state index in [1.165, 1.54) is 49.7 Å². The zero-order valence-corrected chi connectivity index (χ0v) is 18.4. The molecule has 3 rings (SSSR count). The van der Waals surface area contributed by atoms with Gasteiger partial charge in [0, 0.05) is 0 Å².